The van der Waals surface area contributed by atoms with Crippen molar-refractivity contribution in [1.82, 2.24) is 4.90 Å². The van der Waals surface area contributed by atoms with E-state index >= 15 is 0 Å². The first kappa shape index (κ1) is 14.1. The molecule has 0 radical (unpaired) electrons. The number of nitrogens with zero attached hydrogens (tertiary/aromatic N) is 2. The van der Waals surface area contributed by atoms with Gasteiger partial charge >= 0.3 is 0 Å². The van der Waals surface area contributed by atoms with Crippen LogP contribution in [-0.4, -0.2) is 21.4 Å². The van der Waals surface area contributed by atoms with Crippen molar-refractivity contribution in [3.63, 3.8) is 0 Å². The first-order valence-electron chi connectivity index (χ1n) is 6.14. The van der Waals surface area contributed by atoms with Crippen LogP contribution in [-0.2, 0) is 6.54 Å². The Kier molecular flexibility index (Phi) is 4.88. The summed E-state index contributed by atoms with van der Waals surface area (Å²) in [6.07, 6.45) is 2.86. The molecule has 2 rings (SSSR count). The van der Waals surface area contributed by atoms with Crippen molar-refractivity contribution in [2.24, 2.45) is 0 Å². The van der Waals surface area contributed by atoms with Crippen molar-refractivity contribution >= 4 is 34.2 Å². The minimum Gasteiger partial charge on any atom is -0.299 e. The lowest BCUT2D eigenvalue weighted by molar-refractivity contribution is 0.199. The van der Waals surface area contributed by atoms with E-state index < -0.39 is 0 Å². The van der Waals surface area contributed by atoms with Gasteiger partial charge < -0.3 is 0 Å². The smallest absolute Gasteiger partial charge is 0.0635 e. The maximum Gasteiger partial charge on any atom is 0.0635 e. The van der Waals surface area contributed by atoms with Crippen LogP contribution >= 0.6 is 34.2 Å². The van der Waals surface area contributed by atoms with Crippen LogP contribution in [0.5, 0.6) is 0 Å². The van der Waals surface area contributed by atoms with Crippen LogP contribution in [0, 0.1) is 11.3 Å². The van der Waals surface area contributed by atoms with E-state index in [0.717, 1.165) is 37.5 Å². The maximum absolute atomic E-state index is 8.83. The van der Waals surface area contributed by atoms with Crippen LogP contribution in [0.2, 0.25) is 5.02 Å². The molecule has 18 heavy (non-hydrogen) atoms. The standard InChI is InChI=1S/C14H16ClIN2/c15-13-3-1-2-12(10-13)11-18-8-5-14(16,4-7-17)6-9-18/h1-3,10H,4-6,8-9,11H2. The zero-order valence-corrected chi connectivity index (χ0v) is 13.1. The van der Waals surface area contributed by atoms with Crippen LogP contribution in [0.25, 0.3) is 0 Å². The third-order valence-corrected chi connectivity index (χ3v) is 5.14. The van der Waals surface area contributed by atoms with Crippen molar-refractivity contribution in [1.29, 1.82) is 5.26 Å². The zero-order valence-electron chi connectivity index (χ0n) is 10.2. The summed E-state index contributed by atoms with van der Waals surface area (Å²) >= 11 is 8.46. The van der Waals surface area contributed by atoms with E-state index in [1.807, 2.05) is 18.2 Å². The van der Waals surface area contributed by atoms with E-state index in [9.17, 15) is 0 Å². The van der Waals surface area contributed by atoms with Gasteiger partial charge in [0.2, 0.25) is 0 Å². The van der Waals surface area contributed by atoms with Gasteiger partial charge in [0.25, 0.3) is 0 Å². The van der Waals surface area contributed by atoms with Gasteiger partial charge in [0, 0.05) is 21.4 Å². The van der Waals surface area contributed by atoms with Crippen LogP contribution in [0.15, 0.2) is 24.3 Å². The SMILES string of the molecule is N#CCC1(I)CCN(Cc2cccc(Cl)c2)CC1. The summed E-state index contributed by atoms with van der Waals surface area (Å²) < 4.78 is 0.192. The molecule has 0 aromatic heterocycles. The lowest BCUT2D eigenvalue weighted by Crippen LogP contribution is -2.40. The Bertz CT molecular complexity index is 447. The molecular formula is C14H16ClIN2. The summed E-state index contributed by atoms with van der Waals surface area (Å²) in [7, 11) is 0. The summed E-state index contributed by atoms with van der Waals surface area (Å²) in [5.74, 6) is 0. The van der Waals surface area contributed by atoms with Crippen molar-refractivity contribution < 1.29 is 0 Å². The lowest BCUT2D eigenvalue weighted by atomic mass is 9.94. The minimum absolute atomic E-state index is 0.192. The molecule has 0 N–H and O–H groups in total. The molecular weight excluding hydrogens is 359 g/mol. The molecule has 4 heteroatoms. The number of piperidine rings is 1. The fourth-order valence-corrected chi connectivity index (χ4v) is 3.19. The van der Waals surface area contributed by atoms with Gasteiger partial charge in [-0.25, -0.2) is 0 Å². The predicted molar refractivity (Wildman–Crippen MR) is 82.9 cm³/mol. The molecule has 1 aliphatic heterocycles. The molecule has 0 spiro atoms. The maximum atomic E-state index is 8.83. The van der Waals surface area contributed by atoms with Crippen LogP contribution in [0.3, 0.4) is 0 Å². The molecule has 1 aromatic rings. The molecule has 0 amide bonds. The summed E-state index contributed by atoms with van der Waals surface area (Å²) in [6.45, 7) is 3.09. The monoisotopic (exact) mass is 374 g/mol. The fourth-order valence-electron chi connectivity index (χ4n) is 2.32. The number of rotatable bonds is 3. The summed E-state index contributed by atoms with van der Waals surface area (Å²) in [5.41, 5.74) is 1.27. The third-order valence-electron chi connectivity index (χ3n) is 3.44. The number of alkyl halides is 1. The van der Waals surface area contributed by atoms with Crippen LogP contribution in [0.1, 0.15) is 24.8 Å². The number of benzene rings is 1. The minimum atomic E-state index is 0.192. The first-order chi connectivity index (χ1) is 8.61. The lowest BCUT2D eigenvalue weighted by Gasteiger charge is -2.36. The molecule has 0 saturated carbocycles. The Balaban J connectivity index is 1.89. The van der Waals surface area contributed by atoms with Gasteiger partial charge in [0.05, 0.1) is 6.07 Å². The predicted octanol–water partition coefficient (Wildman–Crippen LogP) is 4.02. The molecule has 1 fully saturated rings. The molecule has 1 saturated heterocycles. The van der Waals surface area contributed by atoms with Crippen molar-refractivity contribution in [2.45, 2.75) is 29.2 Å². The molecule has 1 aromatic carbocycles. The van der Waals surface area contributed by atoms with E-state index in [4.69, 9.17) is 16.9 Å². The number of halogens is 2. The van der Waals surface area contributed by atoms with Gasteiger partial charge in [-0.15, -0.1) is 0 Å². The fraction of sp³-hybridized carbons (Fsp3) is 0.500. The van der Waals surface area contributed by atoms with Gasteiger partial charge in [0.1, 0.15) is 0 Å². The highest BCUT2D eigenvalue weighted by Gasteiger charge is 2.31. The second-order valence-corrected chi connectivity index (χ2v) is 7.62. The van der Waals surface area contributed by atoms with Crippen LogP contribution < -0.4 is 0 Å². The Labute approximate surface area is 127 Å². The number of hydrogen-bond acceptors (Lipinski definition) is 2. The number of nitriles is 1. The molecule has 0 aliphatic carbocycles. The second-order valence-electron chi connectivity index (χ2n) is 4.89. The normalized spacial score (nSPS) is 19.4. The highest BCUT2D eigenvalue weighted by molar-refractivity contribution is 14.1. The molecule has 0 unspecified atom stereocenters. The molecule has 1 aliphatic rings. The van der Waals surface area contributed by atoms with E-state index in [0.29, 0.717) is 6.42 Å². The van der Waals surface area contributed by atoms with Gasteiger partial charge in [-0.05, 0) is 43.6 Å². The molecule has 0 atom stereocenters. The highest BCUT2D eigenvalue weighted by Crippen LogP contribution is 2.35. The van der Waals surface area contributed by atoms with Crippen LogP contribution in [0.4, 0.5) is 0 Å². The molecule has 0 bridgehead atoms. The Morgan fingerprint density at radius 1 is 1.39 bits per heavy atom. The van der Waals surface area contributed by atoms with Gasteiger partial charge in [-0.3, -0.25) is 4.90 Å². The van der Waals surface area contributed by atoms with E-state index in [-0.39, 0.29) is 3.42 Å². The summed E-state index contributed by atoms with van der Waals surface area (Å²) in [6, 6.07) is 10.4. The van der Waals surface area contributed by atoms with Gasteiger partial charge in [-0.1, -0.05) is 46.3 Å². The van der Waals surface area contributed by atoms with Gasteiger partial charge in [-0.2, -0.15) is 5.26 Å². The zero-order chi connectivity index (χ0) is 13.0. The van der Waals surface area contributed by atoms with E-state index in [2.05, 4.69) is 39.6 Å². The van der Waals surface area contributed by atoms with Crippen molar-refractivity contribution in [2.75, 3.05) is 13.1 Å². The van der Waals surface area contributed by atoms with Crippen molar-refractivity contribution in [3.05, 3.63) is 34.9 Å². The average Bonchev–Trinajstić information content (AvgIpc) is 2.33. The summed E-state index contributed by atoms with van der Waals surface area (Å²) in [5, 5.41) is 9.64. The molecule has 2 nitrogen and oxygen atoms in total. The number of hydrogen-bond donors (Lipinski definition) is 0. The van der Waals surface area contributed by atoms with E-state index in [1.165, 1.54) is 5.56 Å². The quantitative estimate of drug-likeness (QED) is 0.590. The highest BCUT2D eigenvalue weighted by atomic mass is 127. The van der Waals surface area contributed by atoms with E-state index in [1.54, 1.807) is 0 Å². The first-order valence-corrected chi connectivity index (χ1v) is 7.60. The Morgan fingerprint density at radius 3 is 2.72 bits per heavy atom. The largest absolute Gasteiger partial charge is 0.299 e. The average molecular weight is 375 g/mol. The molecule has 96 valence electrons. The third kappa shape index (κ3) is 3.84. The summed E-state index contributed by atoms with van der Waals surface area (Å²) in [4.78, 5) is 2.44. The second kappa shape index (κ2) is 6.23. The van der Waals surface area contributed by atoms with Crippen molar-refractivity contribution in [3.8, 4) is 6.07 Å². The molecule has 1 heterocycles. The Morgan fingerprint density at radius 2 is 2.11 bits per heavy atom. The topological polar surface area (TPSA) is 27.0 Å². The number of likely N-dealkylation sites (tertiary alicyclic amines) is 1. The Hall–Kier alpha value is -0.310. The van der Waals surface area contributed by atoms with Gasteiger partial charge in [0.15, 0.2) is 0 Å².